The van der Waals surface area contributed by atoms with E-state index in [-0.39, 0.29) is 17.9 Å². The first-order valence-electron chi connectivity index (χ1n) is 10.8. The Hall–Kier alpha value is -2.69. The molecule has 3 aromatic heterocycles. The number of H-pyrrole nitrogens is 1. The number of hydrogen-bond acceptors (Lipinski definition) is 6. The lowest BCUT2D eigenvalue weighted by atomic mass is 10.0. The molecule has 1 unspecified atom stereocenters. The summed E-state index contributed by atoms with van der Waals surface area (Å²) in [5.74, 6) is 0.440. The van der Waals surface area contributed by atoms with Crippen molar-refractivity contribution in [2.24, 2.45) is 5.92 Å². The Kier molecular flexibility index (Phi) is 6.22. The number of fused-ring (bicyclic) bond motifs is 2. The topological polar surface area (TPSA) is 87.3 Å². The highest BCUT2D eigenvalue weighted by molar-refractivity contribution is 9.10. The van der Waals surface area contributed by atoms with Crippen LogP contribution in [0.4, 0.5) is 4.79 Å². The molecule has 0 saturated carbocycles. The number of imidazole rings is 1. The van der Waals surface area contributed by atoms with E-state index in [4.69, 9.17) is 9.72 Å². The second-order valence-corrected chi connectivity index (χ2v) is 11.1. The molecule has 1 aliphatic heterocycles. The van der Waals surface area contributed by atoms with Gasteiger partial charge in [-0.25, -0.2) is 9.78 Å². The van der Waals surface area contributed by atoms with E-state index in [1.54, 1.807) is 27.6 Å². The molecular formula is C24H23BrN4O3S2. The largest absolute Gasteiger partial charge is 0.453 e. The Balaban J connectivity index is 1.44. The normalized spacial score (nSPS) is 16.6. The van der Waals surface area contributed by atoms with Crippen molar-refractivity contribution in [1.82, 2.24) is 20.2 Å². The summed E-state index contributed by atoms with van der Waals surface area (Å²) in [6.07, 6.45) is 3.30. The van der Waals surface area contributed by atoms with Crippen LogP contribution in [-0.2, 0) is 9.53 Å². The van der Waals surface area contributed by atoms with Crippen LogP contribution in [0, 0.1) is 5.92 Å². The number of hydrogen-bond donors (Lipinski definition) is 2. The van der Waals surface area contributed by atoms with Crippen LogP contribution in [0.25, 0.3) is 31.6 Å². The number of amides is 2. The summed E-state index contributed by atoms with van der Waals surface area (Å²) in [7, 11) is 1.29. The van der Waals surface area contributed by atoms with Crippen molar-refractivity contribution in [3.8, 4) is 11.1 Å². The highest BCUT2D eigenvalue weighted by Gasteiger charge is 2.35. The maximum atomic E-state index is 13.3. The fourth-order valence-corrected chi connectivity index (χ4v) is 7.26. The van der Waals surface area contributed by atoms with E-state index in [0.717, 1.165) is 21.1 Å². The molecule has 7 nitrogen and oxygen atoms in total. The predicted molar refractivity (Wildman–Crippen MR) is 140 cm³/mol. The zero-order valence-corrected chi connectivity index (χ0v) is 22.0. The number of methoxy groups -OCH3 is 1. The van der Waals surface area contributed by atoms with Crippen LogP contribution in [0.2, 0.25) is 0 Å². The first-order valence-corrected chi connectivity index (χ1v) is 13.4. The zero-order valence-electron chi connectivity index (χ0n) is 18.8. The second-order valence-electron chi connectivity index (χ2n) is 8.47. The van der Waals surface area contributed by atoms with Gasteiger partial charge in [0.05, 0.1) is 27.5 Å². The highest BCUT2D eigenvalue weighted by atomic mass is 79.9. The average Bonchev–Trinajstić information content (AvgIpc) is 3.60. The Labute approximate surface area is 212 Å². The highest BCUT2D eigenvalue weighted by Crippen LogP contribution is 2.42. The van der Waals surface area contributed by atoms with Crippen LogP contribution in [0.5, 0.6) is 0 Å². The van der Waals surface area contributed by atoms with Crippen molar-refractivity contribution in [2.45, 2.75) is 25.9 Å². The van der Waals surface area contributed by atoms with Crippen molar-refractivity contribution < 1.29 is 14.3 Å². The fraction of sp³-hybridized carbons (Fsp3) is 0.292. The molecule has 2 atom stereocenters. The molecule has 0 radical (unpaired) electrons. The Bertz CT molecular complexity index is 1420. The third-order valence-electron chi connectivity index (χ3n) is 5.96. The summed E-state index contributed by atoms with van der Waals surface area (Å²) in [4.78, 5) is 35.1. The summed E-state index contributed by atoms with van der Waals surface area (Å²) < 4.78 is 8.37. The molecule has 1 aromatic carbocycles. The van der Waals surface area contributed by atoms with Gasteiger partial charge in [0, 0.05) is 27.3 Å². The molecule has 4 aromatic rings. The number of carbonyl (C=O) groups excluding carboxylic acids is 2. The second kappa shape index (κ2) is 9.16. The number of thiophene rings is 2. The lowest BCUT2D eigenvalue weighted by molar-refractivity contribution is -0.135. The van der Waals surface area contributed by atoms with Gasteiger partial charge in [0.25, 0.3) is 0 Å². The van der Waals surface area contributed by atoms with Gasteiger partial charge >= 0.3 is 6.09 Å². The summed E-state index contributed by atoms with van der Waals surface area (Å²) in [6.45, 7) is 4.25. The fourth-order valence-electron chi connectivity index (χ4n) is 4.19. The number of nitrogens with one attached hydrogen (secondary N) is 2. The van der Waals surface area contributed by atoms with Crippen LogP contribution in [0.15, 0.2) is 45.6 Å². The van der Waals surface area contributed by atoms with Gasteiger partial charge < -0.3 is 19.9 Å². The number of benzene rings is 1. The first kappa shape index (κ1) is 23.1. The number of halogens is 1. The third kappa shape index (κ3) is 4.03. The number of alkyl carbamates (subject to hydrolysis) is 1. The molecule has 0 saturated heterocycles. The SMILES string of the molecule is COC(=O)N[C@H](C(=O)N1CC=CC1c1nc2ccc(-c3csc4c(Br)csc34)cc2[nH]1)C(C)C. The molecule has 0 fully saturated rings. The monoisotopic (exact) mass is 558 g/mol. The molecule has 1 aliphatic rings. The Morgan fingerprint density at radius 3 is 2.82 bits per heavy atom. The molecule has 2 amide bonds. The molecule has 4 heterocycles. The number of aromatic amines is 1. The van der Waals surface area contributed by atoms with Gasteiger partial charge in [-0.05, 0) is 39.5 Å². The average molecular weight is 560 g/mol. The van der Waals surface area contributed by atoms with E-state index in [1.807, 2.05) is 32.1 Å². The van der Waals surface area contributed by atoms with Crippen molar-refractivity contribution >= 4 is 71.0 Å². The van der Waals surface area contributed by atoms with Gasteiger partial charge in [0.1, 0.15) is 17.9 Å². The minimum Gasteiger partial charge on any atom is -0.453 e. The minimum atomic E-state index is -0.683. The summed E-state index contributed by atoms with van der Waals surface area (Å²) in [5, 5.41) is 6.97. The predicted octanol–water partition coefficient (Wildman–Crippen LogP) is 6.09. The van der Waals surface area contributed by atoms with Crippen molar-refractivity contribution in [3.63, 3.8) is 0 Å². The van der Waals surface area contributed by atoms with E-state index in [0.29, 0.717) is 12.4 Å². The molecule has 10 heteroatoms. The van der Waals surface area contributed by atoms with Crippen molar-refractivity contribution in [3.05, 3.63) is 51.4 Å². The van der Waals surface area contributed by atoms with Crippen LogP contribution in [0.1, 0.15) is 25.7 Å². The van der Waals surface area contributed by atoms with E-state index in [9.17, 15) is 9.59 Å². The first-order chi connectivity index (χ1) is 16.4. The quantitative estimate of drug-likeness (QED) is 0.290. The van der Waals surface area contributed by atoms with Gasteiger partial charge in [-0.15, -0.1) is 22.7 Å². The molecular weight excluding hydrogens is 536 g/mol. The number of rotatable bonds is 5. The Morgan fingerprint density at radius 2 is 2.06 bits per heavy atom. The zero-order chi connectivity index (χ0) is 24.0. The van der Waals surface area contributed by atoms with Crippen LogP contribution in [0.3, 0.4) is 0 Å². The van der Waals surface area contributed by atoms with Gasteiger partial charge in [-0.3, -0.25) is 4.79 Å². The van der Waals surface area contributed by atoms with E-state index < -0.39 is 12.1 Å². The summed E-state index contributed by atoms with van der Waals surface area (Å²) >= 11 is 7.09. The number of ether oxygens (including phenoxy) is 1. The van der Waals surface area contributed by atoms with Gasteiger partial charge in [0.15, 0.2) is 0 Å². The lowest BCUT2D eigenvalue weighted by Crippen LogP contribution is -2.51. The van der Waals surface area contributed by atoms with Gasteiger partial charge in [-0.2, -0.15) is 0 Å². The molecule has 0 aliphatic carbocycles. The molecule has 0 bridgehead atoms. The molecule has 34 heavy (non-hydrogen) atoms. The van der Waals surface area contributed by atoms with E-state index >= 15 is 0 Å². The summed E-state index contributed by atoms with van der Waals surface area (Å²) in [6, 6.07) is 5.20. The van der Waals surface area contributed by atoms with Crippen LogP contribution >= 0.6 is 38.6 Å². The third-order valence-corrected chi connectivity index (χ3v) is 9.31. The molecule has 5 rings (SSSR count). The Morgan fingerprint density at radius 1 is 1.26 bits per heavy atom. The van der Waals surface area contributed by atoms with E-state index in [1.165, 1.54) is 22.1 Å². The van der Waals surface area contributed by atoms with Gasteiger partial charge in [0.2, 0.25) is 5.91 Å². The maximum Gasteiger partial charge on any atom is 0.407 e. The number of carbonyl (C=O) groups is 2. The number of aromatic nitrogens is 2. The van der Waals surface area contributed by atoms with Crippen molar-refractivity contribution in [1.29, 1.82) is 0 Å². The molecule has 0 spiro atoms. The maximum absolute atomic E-state index is 13.3. The standard InChI is InChI=1S/C24H23BrN4O3S2/c1-12(2)19(28-24(31)32-3)23(30)29-8-4-5-18(29)22-26-16-7-6-13(9-17(16)27-22)14-10-33-21-15(25)11-34-20(14)21/h4-7,9-12,18-19H,8H2,1-3H3,(H,26,27)(H,28,31)/t18?,19-/m0/s1. The van der Waals surface area contributed by atoms with E-state index in [2.05, 4.69) is 49.1 Å². The minimum absolute atomic E-state index is 0.0918. The van der Waals surface area contributed by atoms with Crippen LogP contribution in [-0.4, -0.2) is 46.6 Å². The number of nitrogens with zero attached hydrogens (tertiary/aromatic N) is 2. The van der Waals surface area contributed by atoms with Gasteiger partial charge in [-0.1, -0.05) is 32.1 Å². The summed E-state index contributed by atoms with van der Waals surface area (Å²) in [5.41, 5.74) is 4.10. The molecule has 2 N–H and O–H groups in total. The smallest absolute Gasteiger partial charge is 0.407 e. The lowest BCUT2D eigenvalue weighted by Gasteiger charge is -2.29. The molecule has 176 valence electrons. The van der Waals surface area contributed by atoms with Crippen LogP contribution < -0.4 is 5.32 Å². The van der Waals surface area contributed by atoms with Crippen molar-refractivity contribution in [2.75, 3.05) is 13.7 Å².